The molecule has 4 rings (SSSR count). The predicted octanol–water partition coefficient (Wildman–Crippen LogP) is 2.23. The molecule has 3 heterocycles. The molecule has 2 aliphatic heterocycles. The predicted molar refractivity (Wildman–Crippen MR) is 103 cm³/mol. The van der Waals surface area contributed by atoms with Crippen LogP contribution in [0.1, 0.15) is 40.7 Å². The van der Waals surface area contributed by atoms with Crippen LogP contribution >= 0.6 is 0 Å². The number of fused-ring (bicyclic) bond motifs is 1. The fourth-order valence-electron chi connectivity index (χ4n) is 4.03. The number of nitrogens with zero attached hydrogens (tertiary/aromatic N) is 4. The monoisotopic (exact) mass is 400 g/mol. The van der Waals surface area contributed by atoms with E-state index in [1.54, 1.807) is 42.4 Å². The number of piperidine rings is 1. The highest BCUT2D eigenvalue weighted by atomic mass is 19.1. The first-order valence-corrected chi connectivity index (χ1v) is 9.85. The Labute approximate surface area is 169 Å². The lowest BCUT2D eigenvalue weighted by atomic mass is 9.95. The van der Waals surface area contributed by atoms with Crippen LogP contribution in [0.5, 0.6) is 0 Å². The van der Waals surface area contributed by atoms with E-state index in [1.807, 2.05) is 4.57 Å². The Morgan fingerprint density at radius 3 is 2.52 bits per heavy atom. The number of rotatable bonds is 3. The minimum Gasteiger partial charge on any atom is -0.365 e. The van der Waals surface area contributed by atoms with Crippen LogP contribution in [-0.4, -0.2) is 58.4 Å². The molecule has 0 bridgehead atoms. The van der Waals surface area contributed by atoms with E-state index in [2.05, 4.69) is 4.98 Å². The quantitative estimate of drug-likeness (QED) is 0.793. The molecule has 7 nitrogen and oxygen atoms in total. The normalized spacial score (nSPS) is 19.7. The van der Waals surface area contributed by atoms with Crippen molar-refractivity contribution in [3.63, 3.8) is 0 Å². The lowest BCUT2D eigenvalue weighted by Crippen LogP contribution is -2.43. The van der Waals surface area contributed by atoms with Crippen LogP contribution in [-0.2, 0) is 22.7 Å². The minimum atomic E-state index is -0.281. The van der Waals surface area contributed by atoms with E-state index in [0.717, 1.165) is 11.3 Å². The van der Waals surface area contributed by atoms with Gasteiger partial charge >= 0.3 is 0 Å². The number of hydrogen-bond acceptors (Lipinski definition) is 4. The maximum Gasteiger partial charge on any atom is 0.274 e. The largest absolute Gasteiger partial charge is 0.365 e. The molecule has 1 fully saturated rings. The van der Waals surface area contributed by atoms with Crippen LogP contribution in [0.15, 0.2) is 30.6 Å². The fraction of sp³-hybridized carbons (Fsp3) is 0.476. The average Bonchev–Trinajstić information content (AvgIpc) is 3.16. The zero-order chi connectivity index (χ0) is 20.5. The van der Waals surface area contributed by atoms with Gasteiger partial charge in [0.2, 0.25) is 5.91 Å². The second-order valence-corrected chi connectivity index (χ2v) is 7.84. The summed E-state index contributed by atoms with van der Waals surface area (Å²) in [7, 11) is 3.52. The molecule has 0 radical (unpaired) electrons. The molecule has 2 aliphatic rings. The number of likely N-dealkylation sites (tertiary alicyclic amines) is 1. The zero-order valence-electron chi connectivity index (χ0n) is 16.7. The summed E-state index contributed by atoms with van der Waals surface area (Å²) in [6, 6.07) is 6.27. The molecule has 1 saturated heterocycles. The highest BCUT2D eigenvalue weighted by molar-refractivity contribution is 5.93. The highest BCUT2D eigenvalue weighted by Gasteiger charge is 2.32. The molecule has 2 amide bonds. The van der Waals surface area contributed by atoms with Gasteiger partial charge in [0, 0.05) is 33.1 Å². The van der Waals surface area contributed by atoms with Gasteiger partial charge in [-0.05, 0) is 30.5 Å². The molecule has 1 aromatic carbocycles. The van der Waals surface area contributed by atoms with E-state index < -0.39 is 0 Å². The van der Waals surface area contributed by atoms with Crippen LogP contribution in [0, 0.1) is 11.7 Å². The third-order valence-corrected chi connectivity index (χ3v) is 5.75. The number of carbonyl (C=O) groups excluding carboxylic acids is 2. The van der Waals surface area contributed by atoms with Gasteiger partial charge in [0.1, 0.15) is 11.9 Å². The van der Waals surface area contributed by atoms with E-state index in [0.29, 0.717) is 38.2 Å². The van der Waals surface area contributed by atoms with Gasteiger partial charge in [-0.15, -0.1) is 0 Å². The van der Waals surface area contributed by atoms with Crippen LogP contribution < -0.4 is 0 Å². The van der Waals surface area contributed by atoms with Gasteiger partial charge in [-0.25, -0.2) is 9.37 Å². The molecule has 0 unspecified atom stereocenters. The van der Waals surface area contributed by atoms with E-state index in [9.17, 15) is 14.0 Å². The van der Waals surface area contributed by atoms with Gasteiger partial charge in [0.25, 0.3) is 5.91 Å². The second-order valence-electron chi connectivity index (χ2n) is 7.84. The Kier molecular flexibility index (Phi) is 5.36. The fourth-order valence-corrected chi connectivity index (χ4v) is 4.03. The SMILES string of the molecule is CN(C)C(=O)C1CCN(C(=O)c2ncn3c2CO[C@@H](c2ccc(F)cc2)C3)CC1. The Morgan fingerprint density at radius 2 is 1.86 bits per heavy atom. The molecule has 2 aromatic rings. The standard InChI is InChI=1S/C21H25FN4O3/c1-24(2)20(27)15-7-9-25(10-8-15)21(28)19-17-12-29-18(11-26(17)13-23-19)14-3-5-16(22)6-4-14/h3-6,13,15,18H,7-12H2,1-2H3/t18-/m1/s1. The molecule has 0 spiro atoms. The van der Waals surface area contributed by atoms with Crippen LogP contribution in [0.4, 0.5) is 4.39 Å². The summed E-state index contributed by atoms with van der Waals surface area (Å²) in [5.74, 6) is -0.295. The molecule has 8 heteroatoms. The van der Waals surface area contributed by atoms with Crippen molar-refractivity contribution in [1.82, 2.24) is 19.4 Å². The Balaban J connectivity index is 1.42. The first-order chi connectivity index (χ1) is 13.9. The molecular formula is C21H25FN4O3. The maximum atomic E-state index is 13.2. The van der Waals surface area contributed by atoms with Crippen LogP contribution in [0.3, 0.4) is 0 Å². The second kappa shape index (κ2) is 7.94. The van der Waals surface area contributed by atoms with Crippen molar-refractivity contribution in [3.05, 3.63) is 53.4 Å². The van der Waals surface area contributed by atoms with E-state index in [1.165, 1.54) is 12.1 Å². The van der Waals surface area contributed by atoms with Crippen molar-refractivity contribution in [2.75, 3.05) is 27.2 Å². The van der Waals surface area contributed by atoms with Crippen molar-refractivity contribution in [3.8, 4) is 0 Å². The Hall–Kier alpha value is -2.74. The Morgan fingerprint density at radius 1 is 1.17 bits per heavy atom. The topological polar surface area (TPSA) is 67.7 Å². The molecule has 1 aromatic heterocycles. The molecule has 0 N–H and O–H groups in total. The van der Waals surface area contributed by atoms with Crippen LogP contribution in [0.25, 0.3) is 0 Å². The smallest absolute Gasteiger partial charge is 0.274 e. The first kappa shape index (κ1) is 19.6. The summed E-state index contributed by atoms with van der Waals surface area (Å²) in [5, 5.41) is 0. The van der Waals surface area contributed by atoms with E-state index in [4.69, 9.17) is 4.74 Å². The van der Waals surface area contributed by atoms with Crippen molar-refractivity contribution in [2.45, 2.75) is 32.1 Å². The summed E-state index contributed by atoms with van der Waals surface area (Å²) in [4.78, 5) is 32.9. The van der Waals surface area contributed by atoms with Gasteiger partial charge in [0.05, 0.1) is 25.2 Å². The van der Waals surface area contributed by atoms with Crippen molar-refractivity contribution in [1.29, 1.82) is 0 Å². The number of halogens is 1. The number of ether oxygens (including phenoxy) is 1. The molecule has 154 valence electrons. The van der Waals surface area contributed by atoms with Gasteiger partial charge in [-0.3, -0.25) is 9.59 Å². The number of imidazole rings is 1. The summed E-state index contributed by atoms with van der Waals surface area (Å²) >= 11 is 0. The lowest BCUT2D eigenvalue weighted by molar-refractivity contribution is -0.134. The molecule has 1 atom stereocenters. The van der Waals surface area contributed by atoms with Gasteiger partial charge in [-0.1, -0.05) is 12.1 Å². The third kappa shape index (κ3) is 3.89. The molecule has 29 heavy (non-hydrogen) atoms. The minimum absolute atomic E-state index is 0.0234. The van der Waals surface area contributed by atoms with Gasteiger partial charge in [0.15, 0.2) is 5.69 Å². The summed E-state index contributed by atoms with van der Waals surface area (Å²) in [5.41, 5.74) is 2.08. The maximum absolute atomic E-state index is 13.2. The molecular weight excluding hydrogens is 375 g/mol. The number of hydrogen-bond donors (Lipinski definition) is 0. The number of benzene rings is 1. The average molecular weight is 400 g/mol. The number of carbonyl (C=O) groups is 2. The van der Waals surface area contributed by atoms with Crippen LogP contribution in [0.2, 0.25) is 0 Å². The first-order valence-electron chi connectivity index (χ1n) is 9.85. The molecule has 0 saturated carbocycles. The van der Waals surface area contributed by atoms with Gasteiger partial charge < -0.3 is 19.1 Å². The van der Waals surface area contributed by atoms with E-state index in [-0.39, 0.29) is 36.3 Å². The van der Waals surface area contributed by atoms with Gasteiger partial charge in [-0.2, -0.15) is 0 Å². The van der Waals surface area contributed by atoms with Crippen molar-refractivity contribution in [2.24, 2.45) is 5.92 Å². The lowest BCUT2D eigenvalue weighted by Gasteiger charge is -2.32. The van der Waals surface area contributed by atoms with Crippen molar-refractivity contribution >= 4 is 11.8 Å². The third-order valence-electron chi connectivity index (χ3n) is 5.75. The summed E-state index contributed by atoms with van der Waals surface area (Å²) < 4.78 is 21.0. The highest BCUT2D eigenvalue weighted by Crippen LogP contribution is 2.29. The van der Waals surface area contributed by atoms with E-state index >= 15 is 0 Å². The number of amides is 2. The number of aromatic nitrogens is 2. The zero-order valence-corrected chi connectivity index (χ0v) is 16.7. The van der Waals surface area contributed by atoms with Crippen molar-refractivity contribution < 1.29 is 18.7 Å². The molecule has 0 aliphatic carbocycles. The summed E-state index contributed by atoms with van der Waals surface area (Å²) in [6.07, 6.45) is 2.81. The summed E-state index contributed by atoms with van der Waals surface area (Å²) in [6.45, 7) is 1.90. The Bertz CT molecular complexity index is 901.